The van der Waals surface area contributed by atoms with Crippen LogP contribution in [0.4, 0.5) is 11.8 Å². The second-order valence-electron chi connectivity index (χ2n) is 5.87. The summed E-state index contributed by atoms with van der Waals surface area (Å²) in [5.74, 6) is 1.47. The van der Waals surface area contributed by atoms with Gasteiger partial charge < -0.3 is 14.8 Å². The average Bonchev–Trinajstić information content (AvgIpc) is 3.09. The number of piperazine rings is 1. The SMILES string of the molecule is Cc1cc(N(C)C)nc(N2CCN(S(=O)(=O)c3cnc[nH]3)CC2)n1. The maximum Gasteiger partial charge on any atom is 0.260 e. The molecule has 2 aromatic heterocycles. The summed E-state index contributed by atoms with van der Waals surface area (Å²) in [6.45, 7) is 3.79. The van der Waals surface area contributed by atoms with E-state index in [4.69, 9.17) is 0 Å². The molecule has 1 aliphatic heterocycles. The van der Waals surface area contributed by atoms with Crippen molar-refractivity contribution in [3.63, 3.8) is 0 Å². The molecule has 0 spiro atoms. The first-order chi connectivity index (χ1) is 11.4. The lowest BCUT2D eigenvalue weighted by Gasteiger charge is -2.34. The van der Waals surface area contributed by atoms with Gasteiger partial charge in [-0.25, -0.2) is 18.4 Å². The Kier molecular flexibility index (Phi) is 4.41. The third-order valence-corrected chi connectivity index (χ3v) is 5.72. The molecule has 1 saturated heterocycles. The van der Waals surface area contributed by atoms with Crippen molar-refractivity contribution in [3.05, 3.63) is 24.3 Å². The highest BCUT2D eigenvalue weighted by atomic mass is 32.2. The number of aromatic amines is 1. The van der Waals surface area contributed by atoms with Crippen molar-refractivity contribution in [1.29, 1.82) is 0 Å². The number of aromatic nitrogens is 4. The predicted octanol–water partition coefficient (Wildman–Crippen LogP) is 0.0850. The Labute approximate surface area is 141 Å². The molecule has 24 heavy (non-hydrogen) atoms. The fourth-order valence-electron chi connectivity index (χ4n) is 2.56. The van der Waals surface area contributed by atoms with Crippen molar-refractivity contribution in [1.82, 2.24) is 24.2 Å². The van der Waals surface area contributed by atoms with Crippen molar-refractivity contribution >= 4 is 21.8 Å². The van der Waals surface area contributed by atoms with E-state index in [-0.39, 0.29) is 5.03 Å². The van der Waals surface area contributed by atoms with E-state index in [1.807, 2.05) is 36.9 Å². The zero-order chi connectivity index (χ0) is 17.3. The van der Waals surface area contributed by atoms with Gasteiger partial charge >= 0.3 is 0 Å². The number of anilines is 2. The lowest BCUT2D eigenvalue weighted by atomic mass is 10.3. The number of H-pyrrole nitrogens is 1. The third-order valence-electron chi connectivity index (χ3n) is 3.90. The summed E-state index contributed by atoms with van der Waals surface area (Å²) >= 11 is 0. The number of imidazole rings is 1. The molecule has 1 fully saturated rings. The molecule has 1 N–H and O–H groups in total. The van der Waals surface area contributed by atoms with Gasteiger partial charge in [0.25, 0.3) is 10.0 Å². The molecule has 1 aliphatic rings. The van der Waals surface area contributed by atoms with Gasteiger partial charge in [0.1, 0.15) is 5.82 Å². The summed E-state index contributed by atoms with van der Waals surface area (Å²) in [7, 11) is 0.348. The van der Waals surface area contributed by atoms with Gasteiger partial charge in [0, 0.05) is 52.0 Å². The highest BCUT2D eigenvalue weighted by Crippen LogP contribution is 2.20. The highest BCUT2D eigenvalue weighted by Gasteiger charge is 2.30. The van der Waals surface area contributed by atoms with Crippen LogP contribution in [0.25, 0.3) is 0 Å². The predicted molar refractivity (Wildman–Crippen MR) is 90.7 cm³/mol. The van der Waals surface area contributed by atoms with E-state index < -0.39 is 10.0 Å². The number of hydrogen-bond donors (Lipinski definition) is 1. The van der Waals surface area contributed by atoms with E-state index in [1.165, 1.54) is 16.8 Å². The fourth-order valence-corrected chi connectivity index (χ4v) is 3.88. The fraction of sp³-hybridized carbons (Fsp3) is 0.500. The Morgan fingerprint density at radius 2 is 1.88 bits per heavy atom. The van der Waals surface area contributed by atoms with Crippen molar-refractivity contribution in [2.45, 2.75) is 11.9 Å². The second-order valence-corrected chi connectivity index (χ2v) is 7.78. The molecule has 0 amide bonds. The molecule has 9 nitrogen and oxygen atoms in total. The summed E-state index contributed by atoms with van der Waals surface area (Å²) < 4.78 is 26.4. The Hall–Kier alpha value is -2.20. The van der Waals surface area contributed by atoms with Gasteiger partial charge in [0.2, 0.25) is 5.95 Å². The minimum absolute atomic E-state index is 0.123. The summed E-state index contributed by atoms with van der Waals surface area (Å²) in [4.78, 5) is 19.4. The number of hydrogen-bond acceptors (Lipinski definition) is 7. The van der Waals surface area contributed by atoms with Crippen LogP contribution in [-0.4, -0.2) is 72.9 Å². The van der Waals surface area contributed by atoms with E-state index in [0.29, 0.717) is 32.1 Å². The first kappa shape index (κ1) is 16.7. The zero-order valence-corrected chi connectivity index (χ0v) is 14.8. The van der Waals surface area contributed by atoms with E-state index >= 15 is 0 Å². The van der Waals surface area contributed by atoms with Gasteiger partial charge in [-0.3, -0.25) is 0 Å². The first-order valence-corrected chi connectivity index (χ1v) is 9.08. The van der Waals surface area contributed by atoms with Crippen LogP contribution in [0.15, 0.2) is 23.6 Å². The summed E-state index contributed by atoms with van der Waals surface area (Å²) in [5, 5.41) is 0.123. The Morgan fingerprint density at radius 3 is 2.46 bits per heavy atom. The van der Waals surface area contributed by atoms with Crippen LogP contribution in [0.2, 0.25) is 0 Å². The smallest absolute Gasteiger partial charge is 0.260 e. The first-order valence-electron chi connectivity index (χ1n) is 7.64. The molecule has 3 rings (SSSR count). The molecule has 10 heteroatoms. The van der Waals surface area contributed by atoms with Gasteiger partial charge in [-0.2, -0.15) is 9.29 Å². The molecule has 130 valence electrons. The monoisotopic (exact) mass is 351 g/mol. The standard InChI is InChI=1S/C14H21N7O2S/c1-11-8-12(19(2)3)18-14(17-11)20-4-6-21(7-5-20)24(22,23)13-9-15-10-16-13/h8-10H,4-7H2,1-3H3,(H,15,16). The van der Waals surface area contributed by atoms with Crippen LogP contribution in [0.1, 0.15) is 5.69 Å². The summed E-state index contributed by atoms with van der Waals surface area (Å²) in [6, 6.07) is 1.92. The van der Waals surface area contributed by atoms with Crippen LogP contribution < -0.4 is 9.80 Å². The van der Waals surface area contributed by atoms with Crippen LogP contribution in [-0.2, 0) is 10.0 Å². The molecule has 3 heterocycles. The van der Waals surface area contributed by atoms with E-state index in [1.54, 1.807) is 0 Å². The quantitative estimate of drug-likeness (QED) is 0.833. The number of aryl methyl sites for hydroxylation is 1. The molecule has 0 bridgehead atoms. The molecular weight excluding hydrogens is 330 g/mol. The molecule has 0 radical (unpaired) electrons. The number of nitrogens with one attached hydrogen (secondary N) is 1. The van der Waals surface area contributed by atoms with Crippen LogP contribution in [0.3, 0.4) is 0 Å². The second kappa shape index (κ2) is 6.36. The van der Waals surface area contributed by atoms with Gasteiger partial charge in [-0.15, -0.1) is 0 Å². The summed E-state index contributed by atoms with van der Waals surface area (Å²) in [6.07, 6.45) is 2.70. The molecule has 0 aliphatic carbocycles. The molecule has 0 atom stereocenters. The van der Waals surface area contributed by atoms with Gasteiger partial charge in [0.15, 0.2) is 5.03 Å². The lowest BCUT2D eigenvalue weighted by Crippen LogP contribution is -2.49. The van der Waals surface area contributed by atoms with Crippen molar-refractivity contribution < 1.29 is 8.42 Å². The highest BCUT2D eigenvalue weighted by molar-refractivity contribution is 7.89. The minimum atomic E-state index is -3.51. The number of rotatable bonds is 4. The average molecular weight is 351 g/mol. The molecule has 0 aromatic carbocycles. The van der Waals surface area contributed by atoms with Gasteiger partial charge in [-0.1, -0.05) is 0 Å². The molecular formula is C14H21N7O2S. The molecule has 2 aromatic rings. The molecule has 0 unspecified atom stereocenters. The zero-order valence-electron chi connectivity index (χ0n) is 14.0. The van der Waals surface area contributed by atoms with E-state index in [9.17, 15) is 8.42 Å². The van der Waals surface area contributed by atoms with Crippen molar-refractivity contribution in [2.75, 3.05) is 50.1 Å². The third kappa shape index (κ3) is 3.20. The Morgan fingerprint density at radius 1 is 1.17 bits per heavy atom. The maximum absolute atomic E-state index is 12.5. The Bertz CT molecular complexity index is 797. The van der Waals surface area contributed by atoms with Gasteiger partial charge in [-0.05, 0) is 6.92 Å². The lowest BCUT2D eigenvalue weighted by molar-refractivity contribution is 0.381. The van der Waals surface area contributed by atoms with Crippen LogP contribution in [0, 0.1) is 6.92 Å². The number of sulfonamides is 1. The van der Waals surface area contributed by atoms with E-state index in [0.717, 1.165) is 11.5 Å². The number of nitrogens with zero attached hydrogens (tertiary/aromatic N) is 6. The van der Waals surface area contributed by atoms with Crippen molar-refractivity contribution in [3.8, 4) is 0 Å². The normalized spacial score (nSPS) is 16.4. The van der Waals surface area contributed by atoms with Crippen LogP contribution in [0.5, 0.6) is 0 Å². The Balaban J connectivity index is 1.74. The topological polar surface area (TPSA) is 98.3 Å². The van der Waals surface area contributed by atoms with Crippen LogP contribution >= 0.6 is 0 Å². The minimum Gasteiger partial charge on any atom is -0.363 e. The molecule has 0 saturated carbocycles. The maximum atomic E-state index is 12.5. The van der Waals surface area contributed by atoms with Gasteiger partial charge in [0.05, 0.1) is 12.5 Å². The van der Waals surface area contributed by atoms with E-state index in [2.05, 4.69) is 19.9 Å². The largest absolute Gasteiger partial charge is 0.363 e. The summed E-state index contributed by atoms with van der Waals surface area (Å²) in [5.41, 5.74) is 0.885. The van der Waals surface area contributed by atoms with Crippen molar-refractivity contribution in [2.24, 2.45) is 0 Å².